The minimum atomic E-state index is -0.480. The number of likely N-dealkylation sites (tertiary alicyclic amines) is 1. The summed E-state index contributed by atoms with van der Waals surface area (Å²) >= 11 is 0. The van der Waals surface area contributed by atoms with Crippen LogP contribution in [0.2, 0.25) is 0 Å². The highest BCUT2D eigenvalue weighted by Gasteiger charge is 2.34. The molecule has 1 amide bonds. The van der Waals surface area contributed by atoms with Gasteiger partial charge in [0.2, 0.25) is 0 Å². The predicted octanol–water partition coefficient (Wildman–Crippen LogP) is 2.22. The number of carbonyl (C=O) groups excluding carboxylic acids is 2. The van der Waals surface area contributed by atoms with Gasteiger partial charge in [-0.1, -0.05) is 6.92 Å². The average Bonchev–Trinajstić information content (AvgIpc) is 2.15. The van der Waals surface area contributed by atoms with E-state index in [1.54, 1.807) is 4.90 Å². The summed E-state index contributed by atoms with van der Waals surface area (Å²) < 4.78 is 5.29. The van der Waals surface area contributed by atoms with Crippen molar-refractivity contribution in [2.75, 3.05) is 13.1 Å². The van der Waals surface area contributed by atoms with E-state index in [0.717, 1.165) is 19.1 Å². The van der Waals surface area contributed by atoms with Crippen LogP contribution in [-0.2, 0) is 9.53 Å². The van der Waals surface area contributed by atoms with Crippen LogP contribution >= 0.6 is 0 Å². The molecule has 0 aromatic heterocycles. The van der Waals surface area contributed by atoms with Crippen molar-refractivity contribution < 1.29 is 14.3 Å². The number of carbonyl (C=O) groups is 2. The molecular formula is C12H21NO3. The van der Waals surface area contributed by atoms with Crippen LogP contribution in [0.4, 0.5) is 4.79 Å². The highest BCUT2D eigenvalue weighted by molar-refractivity contribution is 5.70. The topological polar surface area (TPSA) is 46.6 Å². The number of amides is 1. The van der Waals surface area contributed by atoms with Gasteiger partial charge in [-0.3, -0.25) is 0 Å². The summed E-state index contributed by atoms with van der Waals surface area (Å²) in [7, 11) is 0. The Balaban J connectivity index is 2.61. The van der Waals surface area contributed by atoms with Crippen molar-refractivity contribution in [2.45, 2.75) is 46.1 Å². The third-order valence-corrected chi connectivity index (χ3v) is 2.66. The van der Waals surface area contributed by atoms with Crippen molar-refractivity contribution in [3.63, 3.8) is 0 Å². The van der Waals surface area contributed by atoms with Crippen molar-refractivity contribution in [1.82, 2.24) is 4.90 Å². The zero-order valence-corrected chi connectivity index (χ0v) is 10.6. The van der Waals surface area contributed by atoms with Crippen LogP contribution in [0.3, 0.4) is 0 Å². The van der Waals surface area contributed by atoms with E-state index in [1.807, 2.05) is 27.7 Å². The zero-order chi connectivity index (χ0) is 12.4. The van der Waals surface area contributed by atoms with Gasteiger partial charge in [0.05, 0.1) is 0 Å². The summed E-state index contributed by atoms with van der Waals surface area (Å²) in [5.74, 6) is 0. The predicted molar refractivity (Wildman–Crippen MR) is 61.2 cm³/mol. The molecule has 1 rings (SSSR count). The van der Waals surface area contributed by atoms with E-state index >= 15 is 0 Å². The van der Waals surface area contributed by atoms with Gasteiger partial charge in [-0.2, -0.15) is 0 Å². The summed E-state index contributed by atoms with van der Waals surface area (Å²) in [6.45, 7) is 8.55. The van der Waals surface area contributed by atoms with Crippen LogP contribution in [0, 0.1) is 5.41 Å². The van der Waals surface area contributed by atoms with Crippen LogP contribution in [0.5, 0.6) is 0 Å². The SMILES string of the molecule is CC1(C=O)CCCN(C(=O)OC(C)(C)C)C1. The Bertz CT molecular complexity index is 282. The Hall–Kier alpha value is -1.06. The standard InChI is InChI=1S/C12H21NO3/c1-11(2,3)16-10(15)13-7-5-6-12(4,8-13)9-14/h9H,5-8H2,1-4H3. The number of piperidine rings is 1. The Morgan fingerprint density at radius 3 is 2.56 bits per heavy atom. The lowest BCUT2D eigenvalue weighted by molar-refractivity contribution is -0.117. The number of ether oxygens (including phenoxy) is 1. The molecule has 1 unspecified atom stereocenters. The highest BCUT2D eigenvalue weighted by Crippen LogP contribution is 2.27. The molecule has 1 aliphatic rings. The first-order chi connectivity index (χ1) is 7.26. The van der Waals surface area contributed by atoms with Crippen molar-refractivity contribution in [3.05, 3.63) is 0 Å². The maximum absolute atomic E-state index is 11.8. The monoisotopic (exact) mass is 227 g/mol. The van der Waals surface area contributed by atoms with E-state index in [2.05, 4.69) is 0 Å². The summed E-state index contributed by atoms with van der Waals surface area (Å²) in [5.41, 5.74) is -0.888. The van der Waals surface area contributed by atoms with Gasteiger partial charge in [0.15, 0.2) is 0 Å². The molecule has 0 spiro atoms. The second-order valence-electron chi connectivity index (χ2n) is 5.78. The largest absolute Gasteiger partial charge is 0.444 e. The molecule has 0 aliphatic carbocycles. The van der Waals surface area contributed by atoms with Crippen molar-refractivity contribution in [3.8, 4) is 0 Å². The third-order valence-electron chi connectivity index (χ3n) is 2.66. The Kier molecular flexibility index (Phi) is 3.61. The molecule has 1 fully saturated rings. The molecule has 1 aliphatic heterocycles. The van der Waals surface area contributed by atoms with E-state index in [9.17, 15) is 9.59 Å². The highest BCUT2D eigenvalue weighted by atomic mass is 16.6. The first-order valence-electron chi connectivity index (χ1n) is 5.70. The second kappa shape index (κ2) is 4.44. The molecule has 0 saturated carbocycles. The van der Waals surface area contributed by atoms with Crippen LogP contribution < -0.4 is 0 Å². The molecule has 1 saturated heterocycles. The van der Waals surface area contributed by atoms with Crippen molar-refractivity contribution in [1.29, 1.82) is 0 Å². The summed E-state index contributed by atoms with van der Waals surface area (Å²) in [6.07, 6.45) is 2.33. The minimum Gasteiger partial charge on any atom is -0.444 e. The van der Waals surface area contributed by atoms with Crippen molar-refractivity contribution >= 4 is 12.4 Å². The molecule has 0 N–H and O–H groups in total. The fourth-order valence-corrected chi connectivity index (χ4v) is 1.85. The molecule has 0 bridgehead atoms. The quantitative estimate of drug-likeness (QED) is 0.645. The lowest BCUT2D eigenvalue weighted by Gasteiger charge is -2.37. The van der Waals surface area contributed by atoms with Crippen LogP contribution in [0.25, 0.3) is 0 Å². The third kappa shape index (κ3) is 3.51. The van der Waals surface area contributed by atoms with Crippen LogP contribution in [0.1, 0.15) is 40.5 Å². The lowest BCUT2D eigenvalue weighted by atomic mass is 9.84. The van der Waals surface area contributed by atoms with E-state index in [4.69, 9.17) is 4.74 Å². The van der Waals surface area contributed by atoms with Gasteiger partial charge in [0.25, 0.3) is 0 Å². The van der Waals surface area contributed by atoms with Crippen molar-refractivity contribution in [2.24, 2.45) is 5.41 Å². The number of hydrogen-bond donors (Lipinski definition) is 0. The van der Waals surface area contributed by atoms with Gasteiger partial charge in [-0.15, -0.1) is 0 Å². The molecule has 0 aromatic rings. The Morgan fingerprint density at radius 2 is 2.06 bits per heavy atom. The fraction of sp³-hybridized carbons (Fsp3) is 0.833. The molecule has 1 heterocycles. The van der Waals surface area contributed by atoms with E-state index in [-0.39, 0.29) is 6.09 Å². The van der Waals surface area contributed by atoms with E-state index < -0.39 is 11.0 Å². The number of aldehydes is 1. The summed E-state index contributed by atoms with van der Waals surface area (Å²) in [5, 5.41) is 0. The number of hydrogen-bond acceptors (Lipinski definition) is 3. The van der Waals surface area contributed by atoms with Crippen LogP contribution in [-0.4, -0.2) is 36.0 Å². The first kappa shape index (κ1) is 13.0. The van der Waals surface area contributed by atoms with Gasteiger partial charge in [0.1, 0.15) is 11.9 Å². The fourth-order valence-electron chi connectivity index (χ4n) is 1.85. The van der Waals surface area contributed by atoms with Gasteiger partial charge >= 0.3 is 6.09 Å². The van der Waals surface area contributed by atoms with E-state index in [0.29, 0.717) is 13.1 Å². The molecule has 16 heavy (non-hydrogen) atoms. The maximum atomic E-state index is 11.8. The molecule has 0 radical (unpaired) electrons. The number of nitrogens with zero attached hydrogens (tertiary/aromatic N) is 1. The van der Waals surface area contributed by atoms with Gasteiger partial charge in [-0.05, 0) is 33.6 Å². The van der Waals surface area contributed by atoms with Crippen LogP contribution in [0.15, 0.2) is 0 Å². The van der Waals surface area contributed by atoms with Gasteiger partial charge < -0.3 is 14.4 Å². The number of rotatable bonds is 1. The van der Waals surface area contributed by atoms with Gasteiger partial charge in [0, 0.05) is 18.5 Å². The van der Waals surface area contributed by atoms with E-state index in [1.165, 1.54) is 0 Å². The second-order valence-corrected chi connectivity index (χ2v) is 5.78. The minimum absolute atomic E-state index is 0.319. The molecule has 0 aromatic carbocycles. The molecular weight excluding hydrogens is 206 g/mol. The Morgan fingerprint density at radius 1 is 1.44 bits per heavy atom. The van der Waals surface area contributed by atoms with Gasteiger partial charge in [-0.25, -0.2) is 4.79 Å². The first-order valence-corrected chi connectivity index (χ1v) is 5.70. The zero-order valence-electron chi connectivity index (χ0n) is 10.6. The maximum Gasteiger partial charge on any atom is 0.410 e. The molecule has 1 atom stereocenters. The normalized spacial score (nSPS) is 26.4. The summed E-state index contributed by atoms with van der Waals surface area (Å²) in [4.78, 5) is 24.4. The average molecular weight is 227 g/mol. The Labute approximate surface area is 96.9 Å². The lowest BCUT2D eigenvalue weighted by Crippen LogP contribution is -2.47. The molecule has 92 valence electrons. The molecule has 4 nitrogen and oxygen atoms in total. The summed E-state index contributed by atoms with van der Waals surface area (Å²) in [6, 6.07) is 0. The smallest absolute Gasteiger partial charge is 0.410 e. The molecule has 4 heteroatoms.